The molecule has 1 saturated heterocycles. The summed E-state index contributed by atoms with van der Waals surface area (Å²) in [5.41, 5.74) is 1.28. The van der Waals surface area contributed by atoms with Gasteiger partial charge in [0.05, 0.1) is 18.8 Å². The van der Waals surface area contributed by atoms with Gasteiger partial charge in [-0.1, -0.05) is 0 Å². The van der Waals surface area contributed by atoms with Gasteiger partial charge in [0.1, 0.15) is 23.1 Å². The third-order valence-electron chi connectivity index (χ3n) is 5.27. The highest BCUT2D eigenvalue weighted by Crippen LogP contribution is 2.35. The third kappa shape index (κ3) is 3.58. The Labute approximate surface area is 176 Å². The Kier molecular flexibility index (Phi) is 4.58. The molecule has 1 atom stereocenters. The predicted molar refractivity (Wildman–Crippen MR) is 111 cm³/mol. The molecule has 30 heavy (non-hydrogen) atoms. The smallest absolute Gasteiger partial charge is 0.180 e. The molecule has 0 radical (unpaired) electrons. The summed E-state index contributed by atoms with van der Waals surface area (Å²) in [5.74, 6) is -0.683. The lowest BCUT2D eigenvalue weighted by Crippen LogP contribution is -2.30. The molecule has 2 aliphatic rings. The van der Waals surface area contributed by atoms with E-state index in [1.165, 1.54) is 0 Å². The van der Waals surface area contributed by atoms with E-state index in [4.69, 9.17) is 12.2 Å². The number of hydrogen-bond acceptors (Lipinski definition) is 5. The van der Waals surface area contributed by atoms with Crippen LogP contribution in [0, 0.1) is 11.6 Å². The zero-order valence-electron chi connectivity index (χ0n) is 15.8. The molecule has 3 aromatic rings. The van der Waals surface area contributed by atoms with Gasteiger partial charge in [-0.05, 0) is 49.3 Å². The van der Waals surface area contributed by atoms with Crippen LogP contribution in [0.3, 0.4) is 0 Å². The minimum Gasteiger partial charge on any atom is -0.360 e. The lowest BCUT2D eigenvalue weighted by molar-refractivity contribution is -0.116. The molecule has 154 valence electrons. The zero-order valence-corrected chi connectivity index (χ0v) is 16.6. The number of aromatic nitrogens is 3. The normalized spacial score (nSPS) is 18.8. The molecule has 10 heteroatoms. The van der Waals surface area contributed by atoms with Crippen molar-refractivity contribution in [3.8, 4) is 0 Å². The fourth-order valence-electron chi connectivity index (χ4n) is 3.66. The maximum Gasteiger partial charge on any atom is 0.180 e. The van der Waals surface area contributed by atoms with Gasteiger partial charge in [0.25, 0.3) is 0 Å². The number of rotatable bonds is 4. The number of nitrogens with zero attached hydrogens (tertiary/aromatic N) is 4. The molecule has 2 fully saturated rings. The van der Waals surface area contributed by atoms with E-state index in [0.29, 0.717) is 28.3 Å². The van der Waals surface area contributed by atoms with E-state index in [2.05, 4.69) is 20.7 Å². The summed E-state index contributed by atoms with van der Waals surface area (Å²) in [6.07, 6.45) is 5.61. The molecule has 1 saturated carbocycles. The van der Waals surface area contributed by atoms with Crippen LogP contribution in [0.1, 0.15) is 30.9 Å². The predicted octanol–water partition coefficient (Wildman–Crippen LogP) is 2.98. The van der Waals surface area contributed by atoms with Crippen molar-refractivity contribution in [1.82, 2.24) is 19.9 Å². The topological polar surface area (TPSA) is 74.6 Å². The van der Waals surface area contributed by atoms with Crippen molar-refractivity contribution in [2.45, 2.75) is 31.3 Å². The number of nitrogens with one attached hydrogen (secondary N) is 2. The largest absolute Gasteiger partial charge is 0.360 e. The van der Waals surface area contributed by atoms with Gasteiger partial charge in [-0.3, -0.25) is 4.79 Å². The van der Waals surface area contributed by atoms with Gasteiger partial charge in [0.2, 0.25) is 0 Å². The number of hydrogen-bond donors (Lipinski definition) is 2. The van der Waals surface area contributed by atoms with E-state index in [1.54, 1.807) is 27.9 Å². The van der Waals surface area contributed by atoms with E-state index in [0.717, 1.165) is 31.0 Å². The van der Waals surface area contributed by atoms with Crippen LogP contribution in [0.25, 0.3) is 5.65 Å². The van der Waals surface area contributed by atoms with Crippen molar-refractivity contribution in [2.75, 3.05) is 16.8 Å². The third-order valence-corrected chi connectivity index (χ3v) is 5.49. The quantitative estimate of drug-likeness (QED) is 0.619. The van der Waals surface area contributed by atoms with Gasteiger partial charge >= 0.3 is 0 Å². The van der Waals surface area contributed by atoms with Gasteiger partial charge < -0.3 is 15.5 Å². The maximum absolute atomic E-state index is 14.4. The van der Waals surface area contributed by atoms with Crippen molar-refractivity contribution in [1.29, 1.82) is 0 Å². The summed E-state index contributed by atoms with van der Waals surface area (Å²) in [4.78, 5) is 18.5. The Morgan fingerprint density at radius 2 is 2.07 bits per heavy atom. The van der Waals surface area contributed by atoms with Crippen LogP contribution in [0.5, 0.6) is 0 Å². The van der Waals surface area contributed by atoms with Crippen LogP contribution >= 0.6 is 12.2 Å². The fourth-order valence-corrected chi connectivity index (χ4v) is 3.93. The van der Waals surface area contributed by atoms with Crippen molar-refractivity contribution in [3.63, 3.8) is 0 Å². The Morgan fingerprint density at radius 1 is 1.23 bits per heavy atom. The zero-order chi connectivity index (χ0) is 20.8. The molecule has 1 aromatic carbocycles. The van der Waals surface area contributed by atoms with Crippen molar-refractivity contribution >= 4 is 40.3 Å². The van der Waals surface area contributed by atoms with Crippen LogP contribution in [0.15, 0.2) is 36.7 Å². The van der Waals surface area contributed by atoms with E-state index in [1.807, 2.05) is 0 Å². The summed E-state index contributed by atoms with van der Waals surface area (Å²) < 4.78 is 29.7. The number of carbonyl (C=O) groups excluding carboxylic acids is 1. The minimum absolute atomic E-state index is 0.0630. The van der Waals surface area contributed by atoms with Crippen molar-refractivity contribution in [2.24, 2.45) is 0 Å². The average Bonchev–Trinajstić information content (AvgIpc) is 3.31. The molecule has 0 unspecified atom stereocenters. The average molecular weight is 428 g/mol. The van der Waals surface area contributed by atoms with Crippen LogP contribution < -0.4 is 15.5 Å². The number of Topliss-reactive ketones (excluding diaryl/α,β-unsaturated/α-hetero) is 1. The maximum atomic E-state index is 14.4. The van der Waals surface area contributed by atoms with Crippen LogP contribution in [0.2, 0.25) is 0 Å². The highest BCUT2D eigenvalue weighted by molar-refractivity contribution is 7.80. The van der Waals surface area contributed by atoms with E-state index in [-0.39, 0.29) is 24.3 Å². The first kappa shape index (κ1) is 18.9. The minimum atomic E-state index is -0.625. The highest BCUT2D eigenvalue weighted by Gasteiger charge is 2.35. The fraction of sp³-hybridized carbons (Fsp3) is 0.300. The molecule has 0 amide bonds. The summed E-state index contributed by atoms with van der Waals surface area (Å²) in [7, 11) is 0. The summed E-state index contributed by atoms with van der Waals surface area (Å²) >= 11 is 5.33. The summed E-state index contributed by atoms with van der Waals surface area (Å²) in [6.45, 7) is 0.0718. The summed E-state index contributed by atoms with van der Waals surface area (Å²) in [6, 6.07) is 4.76. The second kappa shape index (κ2) is 7.28. The second-order valence-corrected chi connectivity index (χ2v) is 7.95. The number of anilines is 2. The van der Waals surface area contributed by atoms with E-state index >= 15 is 0 Å². The van der Waals surface area contributed by atoms with Gasteiger partial charge in [-0.2, -0.15) is 5.10 Å². The molecule has 1 aliphatic carbocycles. The number of thiocarbonyl (C=S) groups is 1. The molecule has 5 rings (SSSR count). The molecular weight excluding hydrogens is 410 g/mol. The SMILES string of the molecule is O=C1C[C@H](c2cc(F)ccc2F)N(c2ccn3ncc(NC(=S)NC4CC4)c3n2)C1. The molecule has 0 bridgehead atoms. The van der Waals surface area contributed by atoms with Crippen LogP contribution in [-0.4, -0.2) is 38.1 Å². The number of ketones is 1. The number of carbonyl (C=O) groups is 1. The molecule has 2 aromatic heterocycles. The van der Waals surface area contributed by atoms with Crippen LogP contribution in [0.4, 0.5) is 20.3 Å². The first-order chi connectivity index (χ1) is 14.5. The Bertz CT molecular complexity index is 1160. The van der Waals surface area contributed by atoms with E-state index < -0.39 is 17.7 Å². The summed E-state index contributed by atoms with van der Waals surface area (Å²) in [5, 5.41) is 11.1. The lowest BCUT2D eigenvalue weighted by atomic mass is 10.0. The second-order valence-electron chi connectivity index (χ2n) is 7.54. The van der Waals surface area contributed by atoms with Gasteiger partial charge in [0.15, 0.2) is 16.5 Å². The molecule has 3 heterocycles. The first-order valence-corrected chi connectivity index (χ1v) is 10.0. The van der Waals surface area contributed by atoms with Crippen LogP contribution in [-0.2, 0) is 4.79 Å². The molecular formula is C20H18F2N6OS. The van der Waals surface area contributed by atoms with Gasteiger partial charge in [-0.25, -0.2) is 18.3 Å². The standard InChI is InChI=1S/C20H18F2N6OS/c21-11-1-4-15(22)14(7-11)17-8-13(29)10-27(17)18-5-6-28-19(26-18)16(9-23-28)25-20(30)24-12-2-3-12/h1,4-7,9,12,17H,2-3,8,10H2,(H2,24,25,30)/t17-/m1/s1. The lowest BCUT2D eigenvalue weighted by Gasteiger charge is -2.25. The van der Waals surface area contributed by atoms with Crippen molar-refractivity contribution < 1.29 is 13.6 Å². The first-order valence-electron chi connectivity index (χ1n) is 9.63. The molecule has 7 nitrogen and oxygen atoms in total. The number of fused-ring (bicyclic) bond motifs is 1. The van der Waals surface area contributed by atoms with Gasteiger partial charge in [-0.15, -0.1) is 0 Å². The highest BCUT2D eigenvalue weighted by atomic mass is 32.1. The monoisotopic (exact) mass is 428 g/mol. The Balaban J connectivity index is 1.48. The number of benzene rings is 1. The van der Waals surface area contributed by atoms with Gasteiger partial charge in [0, 0.05) is 24.2 Å². The Morgan fingerprint density at radius 3 is 2.87 bits per heavy atom. The molecule has 1 aliphatic heterocycles. The van der Waals surface area contributed by atoms with E-state index in [9.17, 15) is 13.6 Å². The molecule has 2 N–H and O–H groups in total. The number of halogens is 2. The molecule has 0 spiro atoms. The Hall–Kier alpha value is -3.14. The van der Waals surface area contributed by atoms with Crippen molar-refractivity contribution in [3.05, 3.63) is 53.9 Å².